The van der Waals surface area contributed by atoms with E-state index in [-0.39, 0.29) is 5.92 Å². The maximum Gasteiger partial charge on any atom is 0.337 e. The largest absolute Gasteiger partial charge is 0.478 e. The van der Waals surface area contributed by atoms with Crippen molar-refractivity contribution in [3.05, 3.63) is 29.1 Å². The second-order valence-corrected chi connectivity index (χ2v) is 4.10. The molecule has 0 amide bonds. The maximum absolute atomic E-state index is 11.1. The van der Waals surface area contributed by atoms with Crippen LogP contribution in [0.25, 0.3) is 0 Å². The van der Waals surface area contributed by atoms with E-state index in [2.05, 4.69) is 11.9 Å². The van der Waals surface area contributed by atoms with Crippen molar-refractivity contribution >= 4 is 5.97 Å². The molecule has 88 valence electrons. The first-order valence-corrected chi connectivity index (χ1v) is 5.83. The molecule has 3 nitrogen and oxygen atoms in total. The van der Waals surface area contributed by atoms with Crippen LogP contribution in [0, 0.1) is 0 Å². The topological polar surface area (TPSA) is 50.2 Å². The van der Waals surface area contributed by atoms with Crippen molar-refractivity contribution in [3.63, 3.8) is 0 Å². The lowest BCUT2D eigenvalue weighted by molar-refractivity contribution is 0.0694. The predicted molar refractivity (Wildman–Crippen MR) is 63.9 cm³/mol. The van der Waals surface area contributed by atoms with Crippen LogP contribution < -0.4 is 0 Å². The number of pyridine rings is 1. The lowest BCUT2D eigenvalue weighted by atomic mass is 9.98. The maximum atomic E-state index is 11.1. The molecule has 0 aliphatic heterocycles. The summed E-state index contributed by atoms with van der Waals surface area (Å²) in [6.45, 7) is 6.16. The molecule has 0 spiro atoms. The van der Waals surface area contributed by atoms with Gasteiger partial charge >= 0.3 is 5.97 Å². The summed E-state index contributed by atoms with van der Waals surface area (Å²) in [5.74, 6) is -0.686. The average molecular weight is 221 g/mol. The molecule has 0 saturated carbocycles. The van der Waals surface area contributed by atoms with Gasteiger partial charge in [0.25, 0.3) is 0 Å². The molecule has 1 rings (SSSR count). The minimum atomic E-state index is -0.883. The molecule has 1 heterocycles. The van der Waals surface area contributed by atoms with Gasteiger partial charge in [-0.25, -0.2) is 4.79 Å². The molecule has 1 N–H and O–H groups in total. The zero-order valence-electron chi connectivity index (χ0n) is 10.2. The summed E-state index contributed by atoms with van der Waals surface area (Å²) in [6, 6.07) is 3.50. The fourth-order valence-corrected chi connectivity index (χ4v) is 1.66. The molecule has 3 heteroatoms. The highest BCUT2D eigenvalue weighted by atomic mass is 16.4. The number of aromatic nitrogens is 1. The Morgan fingerprint density at radius 1 is 1.44 bits per heavy atom. The molecule has 0 saturated heterocycles. The van der Waals surface area contributed by atoms with Crippen molar-refractivity contribution in [1.82, 2.24) is 4.98 Å². The molecule has 16 heavy (non-hydrogen) atoms. The molecule has 0 aliphatic rings. The molecule has 1 atom stereocenters. The highest BCUT2D eigenvalue weighted by Crippen LogP contribution is 2.21. The molecule has 0 fully saturated rings. The number of aryl methyl sites for hydroxylation is 1. The first kappa shape index (κ1) is 12.7. The van der Waals surface area contributed by atoms with Gasteiger partial charge in [-0.05, 0) is 30.9 Å². The van der Waals surface area contributed by atoms with Crippen LogP contribution >= 0.6 is 0 Å². The summed E-state index contributed by atoms with van der Waals surface area (Å²) >= 11 is 0. The summed E-state index contributed by atoms with van der Waals surface area (Å²) < 4.78 is 0. The van der Waals surface area contributed by atoms with Crippen LogP contribution in [0.1, 0.15) is 61.3 Å². The third-order valence-electron chi connectivity index (χ3n) is 2.80. The summed E-state index contributed by atoms with van der Waals surface area (Å²) in [5, 5.41) is 9.09. The molecule has 0 aliphatic carbocycles. The van der Waals surface area contributed by atoms with Crippen LogP contribution in [-0.4, -0.2) is 16.1 Å². The Morgan fingerprint density at radius 3 is 2.62 bits per heavy atom. The van der Waals surface area contributed by atoms with Crippen LogP contribution in [0.2, 0.25) is 0 Å². The Morgan fingerprint density at radius 2 is 2.12 bits per heavy atom. The van der Waals surface area contributed by atoms with E-state index < -0.39 is 5.97 Å². The van der Waals surface area contributed by atoms with E-state index in [1.54, 1.807) is 6.07 Å². The van der Waals surface area contributed by atoms with Gasteiger partial charge in [-0.2, -0.15) is 0 Å². The lowest BCUT2D eigenvalue weighted by Gasteiger charge is -2.12. The third-order valence-corrected chi connectivity index (χ3v) is 2.80. The Bertz CT molecular complexity index is 374. The van der Waals surface area contributed by atoms with Crippen LogP contribution in [0.4, 0.5) is 0 Å². The zero-order valence-corrected chi connectivity index (χ0v) is 10.2. The van der Waals surface area contributed by atoms with Crippen molar-refractivity contribution in [1.29, 1.82) is 0 Å². The van der Waals surface area contributed by atoms with Gasteiger partial charge in [0.2, 0.25) is 0 Å². The van der Waals surface area contributed by atoms with Gasteiger partial charge in [0.05, 0.1) is 11.3 Å². The molecule has 0 radical (unpaired) electrons. The Hall–Kier alpha value is -1.38. The van der Waals surface area contributed by atoms with E-state index >= 15 is 0 Å². The molecular weight excluding hydrogens is 202 g/mol. The molecule has 0 aromatic carbocycles. The van der Waals surface area contributed by atoms with E-state index in [0.29, 0.717) is 5.56 Å². The van der Waals surface area contributed by atoms with Crippen LogP contribution in [0.3, 0.4) is 0 Å². The van der Waals surface area contributed by atoms with Gasteiger partial charge in [-0.1, -0.05) is 27.2 Å². The molecule has 1 aromatic rings. The second kappa shape index (κ2) is 5.64. The van der Waals surface area contributed by atoms with Gasteiger partial charge in [-0.15, -0.1) is 0 Å². The van der Waals surface area contributed by atoms with E-state index in [1.165, 1.54) is 0 Å². The van der Waals surface area contributed by atoms with Crippen LogP contribution in [0.15, 0.2) is 12.1 Å². The number of aromatic carboxylic acids is 1. The summed E-state index contributed by atoms with van der Waals surface area (Å²) in [4.78, 5) is 15.5. The number of carbonyl (C=O) groups is 1. The normalized spacial score (nSPS) is 12.4. The summed E-state index contributed by atoms with van der Waals surface area (Å²) in [5.41, 5.74) is 2.05. The van der Waals surface area contributed by atoms with Crippen LogP contribution in [-0.2, 0) is 6.42 Å². The van der Waals surface area contributed by atoms with E-state index in [0.717, 1.165) is 30.7 Å². The van der Waals surface area contributed by atoms with E-state index in [1.807, 2.05) is 19.9 Å². The summed E-state index contributed by atoms with van der Waals surface area (Å²) in [7, 11) is 0. The Labute approximate surface area is 96.5 Å². The third kappa shape index (κ3) is 2.81. The van der Waals surface area contributed by atoms with Crippen molar-refractivity contribution in [2.75, 3.05) is 0 Å². The highest BCUT2D eigenvalue weighted by molar-refractivity contribution is 5.89. The number of nitrogens with zero attached hydrogens (tertiary/aromatic N) is 1. The monoisotopic (exact) mass is 221 g/mol. The zero-order chi connectivity index (χ0) is 12.1. The van der Waals surface area contributed by atoms with Crippen molar-refractivity contribution < 1.29 is 9.90 Å². The van der Waals surface area contributed by atoms with Gasteiger partial charge in [0.1, 0.15) is 0 Å². The first-order chi connectivity index (χ1) is 7.60. The van der Waals surface area contributed by atoms with Gasteiger partial charge < -0.3 is 5.11 Å². The number of carboxylic acids is 1. The minimum Gasteiger partial charge on any atom is -0.478 e. The molecule has 1 aromatic heterocycles. The van der Waals surface area contributed by atoms with Gasteiger partial charge in [-0.3, -0.25) is 4.98 Å². The van der Waals surface area contributed by atoms with Crippen LogP contribution in [0.5, 0.6) is 0 Å². The standard InChI is InChI=1S/C13H19NO2/c1-4-6-10-7-8-11(13(15)16)12(14-10)9(3)5-2/h7-9H,4-6H2,1-3H3,(H,15,16). The van der Waals surface area contributed by atoms with Crippen molar-refractivity contribution in [2.45, 2.75) is 46.0 Å². The van der Waals surface area contributed by atoms with Gasteiger partial charge in [0, 0.05) is 5.69 Å². The quantitative estimate of drug-likeness (QED) is 0.830. The minimum absolute atomic E-state index is 0.197. The Balaban J connectivity index is 3.15. The fourth-order valence-electron chi connectivity index (χ4n) is 1.66. The van der Waals surface area contributed by atoms with Crippen molar-refractivity contribution in [2.24, 2.45) is 0 Å². The smallest absolute Gasteiger partial charge is 0.337 e. The van der Waals surface area contributed by atoms with E-state index in [9.17, 15) is 4.79 Å². The molecule has 1 unspecified atom stereocenters. The average Bonchev–Trinajstić information content (AvgIpc) is 2.28. The number of rotatable bonds is 5. The number of carboxylic acid groups (broad SMARTS) is 1. The highest BCUT2D eigenvalue weighted by Gasteiger charge is 2.16. The fraction of sp³-hybridized carbons (Fsp3) is 0.538. The first-order valence-electron chi connectivity index (χ1n) is 5.83. The SMILES string of the molecule is CCCc1ccc(C(=O)O)c(C(C)CC)n1. The number of hydrogen-bond acceptors (Lipinski definition) is 2. The summed E-state index contributed by atoms with van der Waals surface area (Å²) in [6.07, 6.45) is 2.84. The second-order valence-electron chi connectivity index (χ2n) is 4.10. The van der Waals surface area contributed by atoms with Crippen molar-refractivity contribution in [3.8, 4) is 0 Å². The molecule has 0 bridgehead atoms. The lowest BCUT2D eigenvalue weighted by Crippen LogP contribution is -2.09. The predicted octanol–water partition coefficient (Wildman–Crippen LogP) is 3.25. The Kier molecular flexibility index (Phi) is 4.47. The van der Waals surface area contributed by atoms with E-state index in [4.69, 9.17) is 5.11 Å². The molecular formula is C13H19NO2. The number of hydrogen-bond donors (Lipinski definition) is 1. The van der Waals surface area contributed by atoms with Gasteiger partial charge in [0.15, 0.2) is 0 Å².